The molecule has 0 radical (unpaired) electrons. The normalized spacial score (nSPS) is 11.3. The number of carbonyl (C=O) groups excluding carboxylic acids is 1. The van der Waals surface area contributed by atoms with E-state index in [2.05, 4.69) is 20.9 Å². The van der Waals surface area contributed by atoms with Crippen molar-refractivity contribution in [2.45, 2.75) is 6.04 Å². The zero-order valence-electron chi connectivity index (χ0n) is 5.82. The van der Waals surface area contributed by atoms with E-state index in [1.807, 2.05) is 17.5 Å². The predicted molar refractivity (Wildman–Crippen MR) is 48.5 cm³/mol. The van der Waals surface area contributed by atoms with E-state index in [4.69, 9.17) is 5.26 Å². The van der Waals surface area contributed by atoms with Gasteiger partial charge >= 0.3 is 0 Å². The van der Waals surface area contributed by atoms with Crippen LogP contribution in [0.2, 0.25) is 0 Å². The molecular formula is C7H3BrN2OS. The van der Waals surface area contributed by atoms with Crippen molar-refractivity contribution in [3.63, 3.8) is 0 Å². The van der Waals surface area contributed by atoms with Crippen LogP contribution in [0, 0.1) is 11.3 Å². The number of nitrogens with zero attached hydrogens (tertiary/aromatic N) is 2. The van der Waals surface area contributed by atoms with Crippen molar-refractivity contribution in [3.05, 3.63) is 20.8 Å². The van der Waals surface area contributed by atoms with Gasteiger partial charge in [0.2, 0.25) is 6.08 Å². The first kappa shape index (κ1) is 9.14. The highest BCUT2D eigenvalue weighted by Crippen LogP contribution is 2.30. The van der Waals surface area contributed by atoms with Gasteiger partial charge < -0.3 is 0 Å². The van der Waals surface area contributed by atoms with E-state index in [1.54, 1.807) is 0 Å². The van der Waals surface area contributed by atoms with Crippen LogP contribution in [0.3, 0.4) is 0 Å². The number of isocyanates is 1. The van der Waals surface area contributed by atoms with Gasteiger partial charge in [0.05, 0.1) is 10.9 Å². The molecule has 60 valence electrons. The van der Waals surface area contributed by atoms with Gasteiger partial charge in [-0.25, -0.2) is 4.79 Å². The van der Waals surface area contributed by atoms with Crippen LogP contribution in [0.5, 0.6) is 0 Å². The van der Waals surface area contributed by atoms with Gasteiger partial charge in [0, 0.05) is 4.47 Å². The number of nitriles is 1. The minimum atomic E-state index is -0.725. The average molecular weight is 243 g/mol. The lowest BCUT2D eigenvalue weighted by Crippen LogP contribution is -1.87. The molecule has 1 aromatic heterocycles. The minimum absolute atomic E-state index is 0.725. The monoisotopic (exact) mass is 242 g/mol. The first-order chi connectivity index (χ1) is 5.79. The number of halogens is 1. The molecule has 0 saturated heterocycles. The van der Waals surface area contributed by atoms with Gasteiger partial charge in [0.1, 0.15) is 0 Å². The Hall–Kier alpha value is -0.950. The van der Waals surface area contributed by atoms with Crippen molar-refractivity contribution in [1.82, 2.24) is 0 Å². The lowest BCUT2D eigenvalue weighted by Gasteiger charge is -1.96. The Kier molecular flexibility index (Phi) is 3.18. The summed E-state index contributed by atoms with van der Waals surface area (Å²) in [6, 6.07) is 2.98. The maximum absolute atomic E-state index is 9.93. The summed E-state index contributed by atoms with van der Waals surface area (Å²) < 4.78 is 0.804. The Morgan fingerprint density at radius 2 is 2.50 bits per heavy atom. The van der Waals surface area contributed by atoms with Gasteiger partial charge in [-0.1, -0.05) is 0 Å². The van der Waals surface area contributed by atoms with Crippen LogP contribution >= 0.6 is 27.3 Å². The van der Waals surface area contributed by atoms with E-state index in [9.17, 15) is 4.79 Å². The van der Waals surface area contributed by atoms with E-state index >= 15 is 0 Å². The van der Waals surface area contributed by atoms with Gasteiger partial charge in [0.15, 0.2) is 6.04 Å². The summed E-state index contributed by atoms with van der Waals surface area (Å²) in [5.41, 5.74) is 0. The summed E-state index contributed by atoms with van der Waals surface area (Å²) in [4.78, 5) is 14.0. The summed E-state index contributed by atoms with van der Waals surface area (Å²) in [6.07, 6.45) is 1.37. The Bertz CT molecular complexity index is 362. The third-order valence-corrected chi connectivity index (χ3v) is 3.12. The maximum atomic E-state index is 9.93. The number of hydrogen-bond acceptors (Lipinski definition) is 4. The molecule has 3 nitrogen and oxygen atoms in total. The molecule has 0 fully saturated rings. The molecule has 5 heteroatoms. The van der Waals surface area contributed by atoms with E-state index in [0.717, 1.165) is 9.35 Å². The molecule has 1 heterocycles. The molecule has 0 amide bonds. The summed E-state index contributed by atoms with van der Waals surface area (Å²) >= 11 is 4.63. The van der Waals surface area contributed by atoms with Crippen LogP contribution in [0.1, 0.15) is 10.9 Å². The van der Waals surface area contributed by atoms with Crippen LogP contribution in [0.15, 0.2) is 20.9 Å². The molecule has 12 heavy (non-hydrogen) atoms. The summed E-state index contributed by atoms with van der Waals surface area (Å²) in [7, 11) is 0. The molecule has 1 atom stereocenters. The highest BCUT2D eigenvalue weighted by Gasteiger charge is 2.13. The third-order valence-electron chi connectivity index (χ3n) is 1.20. The lowest BCUT2D eigenvalue weighted by atomic mass is 10.3. The second-order valence-electron chi connectivity index (χ2n) is 1.88. The molecule has 0 bridgehead atoms. The van der Waals surface area contributed by atoms with E-state index in [1.165, 1.54) is 17.4 Å². The largest absolute Gasteiger partial charge is 0.236 e. The topological polar surface area (TPSA) is 53.2 Å². The van der Waals surface area contributed by atoms with Gasteiger partial charge in [-0.3, -0.25) is 0 Å². The summed E-state index contributed by atoms with van der Waals surface area (Å²) in [6.45, 7) is 0. The molecule has 0 aliphatic carbocycles. The molecular weight excluding hydrogens is 240 g/mol. The van der Waals surface area contributed by atoms with Crippen molar-refractivity contribution >= 4 is 33.3 Å². The number of aliphatic imine (C=N–C) groups is 1. The van der Waals surface area contributed by atoms with Crippen LogP contribution in [-0.2, 0) is 4.79 Å². The Morgan fingerprint density at radius 1 is 1.75 bits per heavy atom. The molecule has 0 N–H and O–H groups in total. The molecule has 0 aromatic carbocycles. The zero-order valence-corrected chi connectivity index (χ0v) is 8.22. The number of rotatable bonds is 2. The van der Waals surface area contributed by atoms with Gasteiger partial charge in [0.25, 0.3) is 0 Å². The van der Waals surface area contributed by atoms with E-state index in [-0.39, 0.29) is 0 Å². The predicted octanol–water partition coefficient (Wildman–Crippen LogP) is 2.41. The van der Waals surface area contributed by atoms with Crippen molar-refractivity contribution < 1.29 is 4.79 Å². The van der Waals surface area contributed by atoms with Gasteiger partial charge in [-0.2, -0.15) is 10.3 Å². The highest BCUT2D eigenvalue weighted by molar-refractivity contribution is 9.10. The number of hydrogen-bond donors (Lipinski definition) is 0. The van der Waals surface area contributed by atoms with Crippen LogP contribution < -0.4 is 0 Å². The molecule has 0 aliphatic heterocycles. The first-order valence-corrected chi connectivity index (χ1v) is 4.66. The summed E-state index contributed by atoms with van der Waals surface area (Å²) in [5.74, 6) is 0. The van der Waals surface area contributed by atoms with E-state index in [0.29, 0.717) is 0 Å². The SMILES string of the molecule is N#CC(N=C=O)c1sccc1Br. The first-order valence-electron chi connectivity index (χ1n) is 2.99. The Morgan fingerprint density at radius 3 is 2.92 bits per heavy atom. The second kappa shape index (κ2) is 4.17. The van der Waals surface area contributed by atoms with Crippen LogP contribution in [-0.4, -0.2) is 6.08 Å². The Balaban J connectivity index is 3.04. The van der Waals surface area contributed by atoms with Crippen molar-refractivity contribution in [2.24, 2.45) is 4.99 Å². The molecule has 1 rings (SSSR count). The molecule has 0 saturated carbocycles. The number of thiophene rings is 1. The van der Waals surface area contributed by atoms with Gasteiger partial charge in [-0.15, -0.1) is 11.3 Å². The average Bonchev–Trinajstić information content (AvgIpc) is 2.47. The quantitative estimate of drug-likeness (QED) is 0.591. The van der Waals surface area contributed by atoms with Crippen LogP contribution in [0.25, 0.3) is 0 Å². The fraction of sp³-hybridized carbons (Fsp3) is 0.143. The second-order valence-corrected chi connectivity index (χ2v) is 3.69. The highest BCUT2D eigenvalue weighted by atomic mass is 79.9. The summed E-state index contributed by atoms with van der Waals surface area (Å²) in [5, 5.41) is 10.4. The fourth-order valence-electron chi connectivity index (χ4n) is 0.699. The Labute approximate surface area is 81.5 Å². The fourth-order valence-corrected chi connectivity index (χ4v) is 2.27. The molecule has 1 unspecified atom stereocenters. The lowest BCUT2D eigenvalue weighted by molar-refractivity contribution is 0.561. The zero-order chi connectivity index (χ0) is 8.97. The smallest absolute Gasteiger partial charge is 0.211 e. The van der Waals surface area contributed by atoms with Crippen molar-refractivity contribution in [2.75, 3.05) is 0 Å². The maximum Gasteiger partial charge on any atom is 0.236 e. The standard InChI is InChI=1S/C7H3BrN2OS/c8-5-1-2-12-7(5)6(3-9)10-4-11/h1-2,6H. The molecule has 0 aliphatic rings. The third kappa shape index (κ3) is 1.80. The van der Waals surface area contributed by atoms with Crippen molar-refractivity contribution in [1.29, 1.82) is 5.26 Å². The van der Waals surface area contributed by atoms with Crippen LogP contribution in [0.4, 0.5) is 0 Å². The van der Waals surface area contributed by atoms with Gasteiger partial charge in [-0.05, 0) is 27.4 Å². The molecule has 0 spiro atoms. The molecule has 1 aromatic rings. The van der Waals surface area contributed by atoms with Crippen molar-refractivity contribution in [3.8, 4) is 6.07 Å². The van der Waals surface area contributed by atoms with E-state index < -0.39 is 6.04 Å². The minimum Gasteiger partial charge on any atom is -0.211 e.